The fraction of sp³-hybridized carbons (Fsp3) is 0.600. The summed E-state index contributed by atoms with van der Waals surface area (Å²) in [5.74, 6) is 2.03. The van der Waals surface area contributed by atoms with Crippen molar-refractivity contribution in [3.05, 3.63) is 27.7 Å². The molecular formula is C15H20BrNO. The number of ether oxygens (including phenoxy) is 1. The van der Waals surface area contributed by atoms with E-state index in [1.54, 1.807) is 0 Å². The van der Waals surface area contributed by atoms with E-state index >= 15 is 0 Å². The summed E-state index contributed by atoms with van der Waals surface area (Å²) in [7, 11) is 0. The van der Waals surface area contributed by atoms with E-state index in [0.29, 0.717) is 6.04 Å². The highest BCUT2D eigenvalue weighted by atomic mass is 79.9. The Kier molecular flexibility index (Phi) is 3.62. The first kappa shape index (κ1) is 12.5. The van der Waals surface area contributed by atoms with Crippen LogP contribution < -0.4 is 10.1 Å². The molecule has 2 nitrogen and oxygen atoms in total. The van der Waals surface area contributed by atoms with Gasteiger partial charge in [0.1, 0.15) is 5.75 Å². The molecule has 1 aliphatic heterocycles. The summed E-state index contributed by atoms with van der Waals surface area (Å²) in [5.41, 5.74) is 2.74. The SMILES string of the molecule is CCNC(Cc1cc(Br)cc2c1OCC2)C1CC1. The minimum atomic E-state index is 0.623. The number of nitrogens with one attached hydrogen (secondary N) is 1. The van der Waals surface area contributed by atoms with Crippen molar-refractivity contribution in [3.63, 3.8) is 0 Å². The van der Waals surface area contributed by atoms with E-state index in [9.17, 15) is 0 Å². The molecule has 1 atom stereocenters. The van der Waals surface area contributed by atoms with E-state index in [4.69, 9.17) is 4.74 Å². The summed E-state index contributed by atoms with van der Waals surface area (Å²) in [6.07, 6.45) is 4.92. The Bertz CT molecular complexity index is 442. The zero-order valence-corrected chi connectivity index (χ0v) is 12.4. The molecule has 1 unspecified atom stereocenters. The molecule has 1 heterocycles. The summed E-state index contributed by atoms with van der Waals surface area (Å²) < 4.78 is 7.00. The molecule has 1 saturated carbocycles. The molecule has 2 aliphatic rings. The van der Waals surface area contributed by atoms with Crippen LogP contribution >= 0.6 is 15.9 Å². The maximum Gasteiger partial charge on any atom is 0.125 e. The Morgan fingerprint density at radius 3 is 3.00 bits per heavy atom. The van der Waals surface area contributed by atoms with Gasteiger partial charge < -0.3 is 10.1 Å². The van der Waals surface area contributed by atoms with Crippen LogP contribution in [0.25, 0.3) is 0 Å². The van der Waals surface area contributed by atoms with E-state index in [1.165, 1.54) is 28.4 Å². The normalized spacial score (nSPS) is 19.4. The Morgan fingerprint density at radius 1 is 1.44 bits per heavy atom. The van der Waals surface area contributed by atoms with Crippen LogP contribution in [0, 0.1) is 5.92 Å². The van der Waals surface area contributed by atoms with E-state index in [1.807, 2.05) is 0 Å². The molecule has 1 N–H and O–H groups in total. The van der Waals surface area contributed by atoms with Crippen molar-refractivity contribution in [2.24, 2.45) is 5.92 Å². The Balaban J connectivity index is 1.82. The number of rotatable bonds is 5. The van der Waals surface area contributed by atoms with Gasteiger partial charge in [0.15, 0.2) is 0 Å². The first-order valence-corrected chi connectivity index (χ1v) is 7.74. The Labute approximate surface area is 117 Å². The molecule has 1 aliphatic carbocycles. The van der Waals surface area contributed by atoms with Crippen molar-refractivity contribution in [1.29, 1.82) is 0 Å². The van der Waals surface area contributed by atoms with Crippen LogP contribution in [0.1, 0.15) is 30.9 Å². The topological polar surface area (TPSA) is 21.3 Å². The molecule has 0 aromatic heterocycles. The maximum absolute atomic E-state index is 5.82. The van der Waals surface area contributed by atoms with Crippen LogP contribution in [-0.2, 0) is 12.8 Å². The van der Waals surface area contributed by atoms with Gasteiger partial charge in [0.2, 0.25) is 0 Å². The van der Waals surface area contributed by atoms with Crippen molar-refractivity contribution >= 4 is 15.9 Å². The molecule has 0 bridgehead atoms. The third-order valence-corrected chi connectivity index (χ3v) is 4.38. The fourth-order valence-corrected chi connectivity index (χ4v) is 3.45. The second-order valence-electron chi connectivity index (χ2n) is 5.36. The number of hydrogen-bond donors (Lipinski definition) is 1. The predicted octanol–water partition coefficient (Wildman–Crippen LogP) is 3.31. The van der Waals surface area contributed by atoms with Crippen LogP contribution in [-0.4, -0.2) is 19.2 Å². The summed E-state index contributed by atoms with van der Waals surface area (Å²) in [4.78, 5) is 0. The number of hydrogen-bond acceptors (Lipinski definition) is 2. The van der Waals surface area contributed by atoms with Gasteiger partial charge in [-0.3, -0.25) is 0 Å². The van der Waals surface area contributed by atoms with E-state index in [0.717, 1.165) is 37.7 Å². The number of benzene rings is 1. The largest absolute Gasteiger partial charge is 0.493 e. The van der Waals surface area contributed by atoms with E-state index in [2.05, 4.69) is 40.3 Å². The zero-order valence-electron chi connectivity index (χ0n) is 10.8. The van der Waals surface area contributed by atoms with Gasteiger partial charge in [-0.2, -0.15) is 0 Å². The molecule has 0 spiro atoms. The molecule has 3 rings (SSSR count). The highest BCUT2D eigenvalue weighted by molar-refractivity contribution is 9.10. The molecule has 3 heteroatoms. The molecule has 18 heavy (non-hydrogen) atoms. The number of fused-ring (bicyclic) bond motifs is 1. The van der Waals surface area contributed by atoms with Crippen LogP contribution in [0.5, 0.6) is 5.75 Å². The van der Waals surface area contributed by atoms with Crippen molar-refractivity contribution < 1.29 is 4.74 Å². The highest BCUT2D eigenvalue weighted by Gasteiger charge is 2.31. The lowest BCUT2D eigenvalue weighted by molar-refractivity contribution is 0.350. The van der Waals surface area contributed by atoms with Gasteiger partial charge >= 0.3 is 0 Å². The van der Waals surface area contributed by atoms with Crippen LogP contribution in [0.15, 0.2) is 16.6 Å². The second-order valence-corrected chi connectivity index (χ2v) is 6.27. The molecule has 98 valence electrons. The van der Waals surface area contributed by atoms with E-state index < -0.39 is 0 Å². The van der Waals surface area contributed by atoms with Gasteiger partial charge in [-0.05, 0) is 55.0 Å². The number of likely N-dealkylation sites (N-methyl/N-ethyl adjacent to an activating group) is 1. The molecule has 0 radical (unpaired) electrons. The van der Waals surface area contributed by atoms with Gasteiger partial charge in [0, 0.05) is 16.9 Å². The van der Waals surface area contributed by atoms with Crippen molar-refractivity contribution in [3.8, 4) is 5.75 Å². The second kappa shape index (κ2) is 5.22. The summed E-state index contributed by atoms with van der Waals surface area (Å²) in [5, 5.41) is 3.63. The standard InChI is InChI=1S/C15H20BrNO/c1-2-17-14(10-3-4-10)9-12-8-13(16)7-11-5-6-18-15(11)12/h7-8,10,14,17H,2-6,9H2,1H3. The van der Waals surface area contributed by atoms with Gasteiger partial charge in [-0.15, -0.1) is 0 Å². The average Bonchev–Trinajstić information content (AvgIpc) is 3.07. The molecule has 1 fully saturated rings. The average molecular weight is 310 g/mol. The lowest BCUT2D eigenvalue weighted by Crippen LogP contribution is -2.33. The predicted molar refractivity (Wildman–Crippen MR) is 77.2 cm³/mol. The minimum Gasteiger partial charge on any atom is -0.493 e. The monoisotopic (exact) mass is 309 g/mol. The molecule has 0 saturated heterocycles. The van der Waals surface area contributed by atoms with Crippen molar-refractivity contribution in [1.82, 2.24) is 5.32 Å². The zero-order chi connectivity index (χ0) is 12.5. The van der Waals surface area contributed by atoms with Gasteiger partial charge in [0.05, 0.1) is 6.61 Å². The molecule has 1 aromatic carbocycles. The Morgan fingerprint density at radius 2 is 2.28 bits per heavy atom. The Hall–Kier alpha value is -0.540. The van der Waals surface area contributed by atoms with Gasteiger partial charge in [0.25, 0.3) is 0 Å². The lowest BCUT2D eigenvalue weighted by atomic mass is 9.99. The highest BCUT2D eigenvalue weighted by Crippen LogP contribution is 2.38. The van der Waals surface area contributed by atoms with Crippen molar-refractivity contribution in [2.75, 3.05) is 13.2 Å². The molecule has 0 amide bonds. The van der Waals surface area contributed by atoms with Crippen LogP contribution in [0.4, 0.5) is 0 Å². The first-order chi connectivity index (χ1) is 8.78. The first-order valence-electron chi connectivity index (χ1n) is 6.95. The minimum absolute atomic E-state index is 0.623. The maximum atomic E-state index is 5.82. The summed E-state index contributed by atoms with van der Waals surface area (Å²) in [6.45, 7) is 4.09. The summed E-state index contributed by atoms with van der Waals surface area (Å²) >= 11 is 3.62. The van der Waals surface area contributed by atoms with Crippen LogP contribution in [0.2, 0.25) is 0 Å². The third-order valence-electron chi connectivity index (χ3n) is 3.92. The van der Waals surface area contributed by atoms with Gasteiger partial charge in [-0.1, -0.05) is 22.9 Å². The third kappa shape index (κ3) is 2.57. The van der Waals surface area contributed by atoms with Crippen LogP contribution in [0.3, 0.4) is 0 Å². The van der Waals surface area contributed by atoms with Crippen molar-refractivity contribution in [2.45, 2.75) is 38.6 Å². The van der Waals surface area contributed by atoms with E-state index in [-0.39, 0.29) is 0 Å². The fourth-order valence-electron chi connectivity index (χ4n) is 2.90. The number of halogens is 1. The summed E-state index contributed by atoms with van der Waals surface area (Å²) in [6, 6.07) is 5.06. The molecular weight excluding hydrogens is 290 g/mol. The molecule has 1 aromatic rings. The lowest BCUT2D eigenvalue weighted by Gasteiger charge is -2.19. The van der Waals surface area contributed by atoms with Gasteiger partial charge in [-0.25, -0.2) is 0 Å². The smallest absolute Gasteiger partial charge is 0.125 e. The quantitative estimate of drug-likeness (QED) is 0.901.